The van der Waals surface area contributed by atoms with Gasteiger partial charge in [0, 0.05) is 112 Å². The van der Waals surface area contributed by atoms with Gasteiger partial charge in [-0.3, -0.25) is 24.7 Å². The van der Waals surface area contributed by atoms with Crippen LogP contribution in [0.1, 0.15) is 96.6 Å². The number of hydrogen-bond donors (Lipinski definition) is 3. The monoisotopic (exact) mass is 1240 g/mol. The number of rotatable bonds is 12. The summed E-state index contributed by atoms with van der Waals surface area (Å²) >= 11 is 0. The molecule has 1 saturated carbocycles. The van der Waals surface area contributed by atoms with E-state index in [1.807, 2.05) is 30.5 Å². The fraction of sp³-hybridized carbons (Fsp3) is 0.523. The molecule has 3 aromatic carbocycles. The fourth-order valence-electron chi connectivity index (χ4n) is 15.9. The molecule has 0 bridgehead atoms. The SMILES string of the molecule is COc1c(N2CCOC[C@@H]2C)ncc2c1COC[C@@H]2N1CCN(C2CC3(CCN(c4ccc(C(=O)NS(=O)(=O)c5cc6c(c([N+](=O)[O-])c5)N[C@H](C5CCOCC5)CO6)c(N5c6cc7cc[nH]c7nc6O[C@H]6COCC[C@@H]65)c4)CC3)C2)[C@H](c2ccccc2C)C1. The van der Waals surface area contributed by atoms with Gasteiger partial charge < -0.3 is 58.2 Å². The number of piperidine rings is 1. The number of anilines is 5. The Labute approximate surface area is 517 Å². The molecule has 89 heavy (non-hydrogen) atoms. The van der Waals surface area contributed by atoms with E-state index in [0.29, 0.717) is 81.6 Å². The highest BCUT2D eigenvalue weighted by Gasteiger charge is 2.51. The zero-order valence-corrected chi connectivity index (χ0v) is 51.4. The third kappa shape index (κ3) is 10.6. The van der Waals surface area contributed by atoms with Gasteiger partial charge in [0.25, 0.3) is 21.6 Å². The fourth-order valence-corrected chi connectivity index (χ4v) is 16.9. The number of fused-ring (bicyclic) bond motifs is 5. The highest BCUT2D eigenvalue weighted by atomic mass is 32.2. The maximum Gasteiger partial charge on any atom is 0.297 e. The van der Waals surface area contributed by atoms with Crippen LogP contribution in [0.3, 0.4) is 0 Å². The highest BCUT2D eigenvalue weighted by molar-refractivity contribution is 7.90. The van der Waals surface area contributed by atoms with Crippen LogP contribution >= 0.6 is 0 Å². The van der Waals surface area contributed by atoms with Gasteiger partial charge in [-0.25, -0.2) is 18.1 Å². The minimum absolute atomic E-state index is 0.0236. The minimum atomic E-state index is -4.73. The summed E-state index contributed by atoms with van der Waals surface area (Å²) in [5.41, 5.74) is 7.47. The number of carbonyl (C=O) groups is 1. The molecule has 11 heterocycles. The van der Waals surface area contributed by atoms with Crippen molar-refractivity contribution < 1.29 is 51.3 Å². The number of piperazine rings is 1. The number of nitrogens with zero attached hydrogens (tertiary/aromatic N) is 8. The molecule has 23 nitrogen and oxygen atoms in total. The van der Waals surface area contributed by atoms with E-state index < -0.39 is 37.5 Å². The lowest BCUT2D eigenvalue weighted by atomic mass is 9.59. The summed E-state index contributed by atoms with van der Waals surface area (Å²) in [4.78, 5) is 51.9. The lowest BCUT2D eigenvalue weighted by Crippen LogP contribution is -2.60. The zero-order valence-electron chi connectivity index (χ0n) is 50.6. The van der Waals surface area contributed by atoms with Crippen LogP contribution in [-0.4, -0.2) is 174 Å². The lowest BCUT2D eigenvalue weighted by Gasteiger charge is -2.59. The molecule has 6 fully saturated rings. The molecule has 6 atom stereocenters. The van der Waals surface area contributed by atoms with Crippen molar-refractivity contribution in [2.75, 3.05) is 119 Å². The molecule has 470 valence electrons. The normalized spacial score (nSPS) is 25.8. The Balaban J connectivity index is 0.688. The predicted molar refractivity (Wildman–Crippen MR) is 332 cm³/mol. The number of aromatic amines is 1. The highest BCUT2D eigenvalue weighted by Crippen LogP contribution is 2.55. The number of nitro benzene ring substituents is 1. The molecular formula is C65H77N11O12S. The van der Waals surface area contributed by atoms with E-state index in [0.717, 1.165) is 112 Å². The molecule has 1 amide bonds. The molecule has 15 rings (SSSR count). The molecule has 3 N–H and O–H groups in total. The number of nitro groups is 1. The zero-order chi connectivity index (χ0) is 60.7. The summed E-state index contributed by atoms with van der Waals surface area (Å²) in [7, 11) is -2.98. The second-order valence-electron chi connectivity index (χ2n) is 25.8. The van der Waals surface area contributed by atoms with Gasteiger partial charge in [-0.1, -0.05) is 24.3 Å². The average Bonchev–Trinajstić information content (AvgIpc) is 1.52. The average molecular weight is 1240 g/mol. The summed E-state index contributed by atoms with van der Waals surface area (Å²) in [6, 6.07) is 20.9. The van der Waals surface area contributed by atoms with E-state index in [9.17, 15) is 18.5 Å². The molecule has 8 aliphatic heterocycles. The molecule has 0 unspecified atom stereocenters. The third-order valence-electron chi connectivity index (χ3n) is 20.8. The van der Waals surface area contributed by atoms with Gasteiger partial charge >= 0.3 is 0 Å². The van der Waals surface area contributed by atoms with Gasteiger partial charge in [-0.05, 0) is 117 Å². The number of pyridine rings is 2. The first-order chi connectivity index (χ1) is 43.3. The van der Waals surface area contributed by atoms with Crippen LogP contribution in [0.5, 0.6) is 17.4 Å². The maximum absolute atomic E-state index is 15.0. The Kier molecular flexibility index (Phi) is 15.3. The second kappa shape index (κ2) is 23.5. The van der Waals surface area contributed by atoms with E-state index in [1.165, 1.54) is 22.8 Å². The molecule has 3 aromatic heterocycles. The van der Waals surface area contributed by atoms with Gasteiger partial charge in [0.15, 0.2) is 23.0 Å². The van der Waals surface area contributed by atoms with Crippen LogP contribution < -0.4 is 38.9 Å². The molecule has 9 aliphatic rings. The van der Waals surface area contributed by atoms with Crippen LogP contribution in [0.2, 0.25) is 0 Å². The lowest BCUT2D eigenvalue weighted by molar-refractivity contribution is -0.384. The number of aryl methyl sites for hydroxylation is 1. The quantitative estimate of drug-likeness (QED) is 0.0772. The van der Waals surface area contributed by atoms with Crippen molar-refractivity contribution in [1.29, 1.82) is 0 Å². The number of methoxy groups -OCH3 is 1. The van der Waals surface area contributed by atoms with Crippen LogP contribution in [0.15, 0.2) is 84.0 Å². The van der Waals surface area contributed by atoms with Crippen molar-refractivity contribution in [2.24, 2.45) is 11.3 Å². The summed E-state index contributed by atoms with van der Waals surface area (Å²) in [6.07, 6.45) is 9.70. The smallest absolute Gasteiger partial charge is 0.297 e. The van der Waals surface area contributed by atoms with Gasteiger partial charge in [0.2, 0.25) is 5.88 Å². The summed E-state index contributed by atoms with van der Waals surface area (Å²) < 4.78 is 73.9. The Morgan fingerprint density at radius 2 is 1.69 bits per heavy atom. The number of benzene rings is 3. The number of nitrogens with one attached hydrogen (secondary N) is 3. The van der Waals surface area contributed by atoms with E-state index in [4.69, 9.17) is 43.1 Å². The molecule has 1 aliphatic carbocycles. The van der Waals surface area contributed by atoms with Crippen LogP contribution in [0, 0.1) is 28.4 Å². The number of hydrogen-bond acceptors (Lipinski definition) is 20. The number of aromatic nitrogens is 3. The summed E-state index contributed by atoms with van der Waals surface area (Å²) in [5.74, 6) is 1.30. The predicted octanol–water partition coefficient (Wildman–Crippen LogP) is 8.19. The van der Waals surface area contributed by atoms with E-state index in [-0.39, 0.29) is 71.8 Å². The second-order valence-corrected chi connectivity index (χ2v) is 27.4. The van der Waals surface area contributed by atoms with Gasteiger partial charge in [-0.2, -0.15) is 4.98 Å². The van der Waals surface area contributed by atoms with E-state index >= 15 is 4.79 Å². The Hall–Kier alpha value is -7.32. The van der Waals surface area contributed by atoms with Crippen molar-refractivity contribution in [3.05, 3.63) is 117 Å². The van der Waals surface area contributed by atoms with Crippen molar-refractivity contribution in [2.45, 2.75) is 113 Å². The summed E-state index contributed by atoms with van der Waals surface area (Å²) in [5, 5.41) is 16.8. The maximum atomic E-state index is 15.0. The third-order valence-corrected chi connectivity index (χ3v) is 22.1. The molecule has 0 radical (unpaired) electrons. The van der Waals surface area contributed by atoms with E-state index in [1.54, 1.807) is 13.2 Å². The van der Waals surface area contributed by atoms with Gasteiger partial charge in [0.05, 0.1) is 85.4 Å². The Bertz CT molecular complexity index is 3810. The van der Waals surface area contributed by atoms with Gasteiger partial charge in [-0.15, -0.1) is 0 Å². The molecule has 1 spiro atoms. The van der Waals surface area contributed by atoms with E-state index in [2.05, 4.69) is 83.8 Å². The molecule has 24 heteroatoms. The topological polar surface area (TPSA) is 241 Å². The Morgan fingerprint density at radius 1 is 0.865 bits per heavy atom. The molecular weight excluding hydrogens is 1160 g/mol. The van der Waals surface area contributed by atoms with Crippen molar-refractivity contribution >= 4 is 61.2 Å². The van der Waals surface area contributed by atoms with Crippen LogP contribution in [-0.2, 0) is 35.6 Å². The molecule has 5 saturated heterocycles. The number of morpholine rings is 1. The largest absolute Gasteiger partial charge is 0.492 e. The number of carbonyl (C=O) groups excluding carboxylic acids is 1. The first-order valence-corrected chi connectivity index (χ1v) is 33.1. The standard InChI is InChI=1S/C65H77N11O12S/c1-39-6-4-5-7-46(39)55-33-72(56-37-86-35-49-48(56)32-67-62(60(49)82-3)73-21-25-85-34-40(73)2)19-20-74(55)44-30-65(31-44)14-17-71(18-15-65)43-8-9-47(52(27-43)75-51-13-24-84-38-58(51)88-64-54(75)26-42-10-16-66-61(42)69-64)63(77)70-89(80,81)45-28-53(76(78)79)59-57(29-45)87-36-50(68-59)41-11-22-83-23-12-41/h4-10,16,26-29,32,40-41,44,50-51,55-56,58,68H,11-15,17-25,30-31,33-38H2,1-3H3,(H,66,69)(H,70,77)/t40-,50-,51-,55-,56-,58-/m0/s1. The number of sulfonamides is 1. The number of amides is 1. The van der Waals surface area contributed by atoms with Crippen LogP contribution in [0.4, 0.5) is 34.3 Å². The minimum Gasteiger partial charge on any atom is -0.492 e. The Morgan fingerprint density at radius 3 is 2.49 bits per heavy atom. The number of H-pyrrole nitrogens is 1. The van der Waals surface area contributed by atoms with Gasteiger partial charge in [0.1, 0.15) is 24.0 Å². The van der Waals surface area contributed by atoms with Crippen LogP contribution in [0.25, 0.3) is 11.0 Å². The molecule has 6 aromatic rings. The first kappa shape index (κ1) is 58.1. The van der Waals surface area contributed by atoms with Crippen molar-refractivity contribution in [1.82, 2.24) is 29.5 Å². The number of ether oxygens (including phenoxy) is 7. The van der Waals surface area contributed by atoms with Crippen molar-refractivity contribution in [3.63, 3.8) is 0 Å². The summed E-state index contributed by atoms with van der Waals surface area (Å²) in [6.45, 7) is 13.9. The first-order valence-electron chi connectivity index (χ1n) is 31.6. The van der Waals surface area contributed by atoms with Crippen molar-refractivity contribution in [3.8, 4) is 17.4 Å².